The molecule has 4 nitrogen and oxygen atoms in total. The number of carbonyl (C=O) groups excluding carboxylic acids is 1. The average molecular weight is 240 g/mol. The fraction of sp³-hybridized carbons (Fsp3) is 0.0909. The maximum atomic E-state index is 11.1. The zero-order valence-corrected chi connectivity index (χ0v) is 9.07. The number of hydrogen-bond acceptors (Lipinski definition) is 2. The van der Waals surface area contributed by atoms with Crippen LogP contribution in [0.4, 0.5) is 0 Å². The largest absolute Gasteiger partial charge is 0.478 e. The van der Waals surface area contributed by atoms with Crippen molar-refractivity contribution in [3.05, 3.63) is 46.5 Å². The molecule has 5 heteroatoms. The minimum Gasteiger partial charge on any atom is -0.478 e. The van der Waals surface area contributed by atoms with Crippen LogP contribution >= 0.6 is 11.6 Å². The van der Waals surface area contributed by atoms with Gasteiger partial charge in [-0.3, -0.25) is 4.79 Å². The molecular formula is C11H10ClNO3. The van der Waals surface area contributed by atoms with Crippen LogP contribution in [0.5, 0.6) is 0 Å². The van der Waals surface area contributed by atoms with Crippen molar-refractivity contribution >= 4 is 23.5 Å². The second kappa shape index (κ2) is 5.32. The van der Waals surface area contributed by atoms with Crippen LogP contribution in [-0.2, 0) is 6.42 Å². The molecule has 0 heterocycles. The molecule has 0 aromatic heterocycles. The maximum absolute atomic E-state index is 11.1. The lowest BCUT2D eigenvalue weighted by Gasteiger charge is -2.07. The Morgan fingerprint density at radius 2 is 2.12 bits per heavy atom. The Kier molecular flexibility index (Phi) is 4.08. The third-order valence-electron chi connectivity index (χ3n) is 2.06. The summed E-state index contributed by atoms with van der Waals surface area (Å²) in [6.45, 7) is 0. The van der Waals surface area contributed by atoms with Crippen LogP contribution in [0.3, 0.4) is 0 Å². The fourth-order valence-corrected chi connectivity index (χ4v) is 1.49. The van der Waals surface area contributed by atoms with Crippen molar-refractivity contribution in [1.29, 1.82) is 0 Å². The van der Waals surface area contributed by atoms with E-state index in [1.165, 1.54) is 11.6 Å². The van der Waals surface area contributed by atoms with Gasteiger partial charge in [0.25, 0.3) is 0 Å². The van der Waals surface area contributed by atoms with E-state index in [1.54, 1.807) is 18.2 Å². The van der Waals surface area contributed by atoms with Gasteiger partial charge in [-0.2, -0.15) is 0 Å². The van der Waals surface area contributed by atoms with Crippen LogP contribution in [0.15, 0.2) is 29.8 Å². The molecule has 0 aliphatic heterocycles. The van der Waals surface area contributed by atoms with Crippen molar-refractivity contribution in [3.8, 4) is 0 Å². The van der Waals surface area contributed by atoms with Gasteiger partial charge in [-0.15, -0.1) is 0 Å². The number of carboxylic acid groups (broad SMARTS) is 1. The Labute approximate surface area is 97.3 Å². The summed E-state index contributed by atoms with van der Waals surface area (Å²) < 4.78 is 0. The number of hydrogen-bond donors (Lipinski definition) is 2. The number of nitrogens with two attached hydrogens (primary N) is 1. The van der Waals surface area contributed by atoms with E-state index < -0.39 is 11.9 Å². The Morgan fingerprint density at radius 1 is 1.44 bits per heavy atom. The van der Waals surface area contributed by atoms with Gasteiger partial charge in [0.1, 0.15) is 0 Å². The van der Waals surface area contributed by atoms with E-state index in [-0.39, 0.29) is 11.1 Å². The van der Waals surface area contributed by atoms with E-state index in [4.69, 9.17) is 22.4 Å². The number of aromatic carboxylic acids is 1. The molecule has 0 atom stereocenters. The van der Waals surface area contributed by atoms with E-state index >= 15 is 0 Å². The smallest absolute Gasteiger partial charge is 0.336 e. The summed E-state index contributed by atoms with van der Waals surface area (Å²) >= 11 is 5.37. The molecule has 0 aliphatic rings. The Morgan fingerprint density at radius 3 is 2.62 bits per heavy atom. The number of halogens is 1. The maximum Gasteiger partial charge on any atom is 0.336 e. The topological polar surface area (TPSA) is 80.4 Å². The molecule has 0 saturated carbocycles. The molecular weight excluding hydrogens is 230 g/mol. The summed E-state index contributed by atoms with van der Waals surface area (Å²) in [5, 5.41) is 9.03. The average Bonchev–Trinajstić information content (AvgIpc) is 2.25. The first-order valence-electron chi connectivity index (χ1n) is 4.48. The van der Waals surface area contributed by atoms with Gasteiger partial charge < -0.3 is 10.8 Å². The van der Waals surface area contributed by atoms with Crippen molar-refractivity contribution in [2.75, 3.05) is 0 Å². The molecule has 3 N–H and O–H groups in total. The third-order valence-corrected chi connectivity index (χ3v) is 2.24. The molecule has 0 saturated heterocycles. The van der Waals surface area contributed by atoms with E-state index in [0.29, 0.717) is 12.0 Å². The Hall–Kier alpha value is -1.81. The van der Waals surface area contributed by atoms with Gasteiger partial charge in [-0.25, -0.2) is 4.79 Å². The SMILES string of the molecule is NC(=O)c1cccc(CC=CCl)c1C(=O)O. The summed E-state index contributed by atoms with van der Waals surface area (Å²) in [5.74, 6) is -1.93. The standard InChI is InChI=1S/C11H10ClNO3/c12-6-2-4-7-3-1-5-8(10(13)14)9(7)11(15)16/h1-3,5-6H,4H2,(H2,13,14)(H,15,16). The monoisotopic (exact) mass is 239 g/mol. The van der Waals surface area contributed by atoms with Crippen LogP contribution in [0.1, 0.15) is 26.3 Å². The molecule has 0 bridgehead atoms. The van der Waals surface area contributed by atoms with Gasteiger partial charge in [0, 0.05) is 5.54 Å². The number of carboxylic acids is 1. The van der Waals surface area contributed by atoms with Crippen LogP contribution in [0.25, 0.3) is 0 Å². The lowest BCUT2D eigenvalue weighted by atomic mass is 9.98. The van der Waals surface area contributed by atoms with Crippen LogP contribution in [-0.4, -0.2) is 17.0 Å². The molecule has 0 aliphatic carbocycles. The van der Waals surface area contributed by atoms with Gasteiger partial charge in [-0.1, -0.05) is 29.8 Å². The molecule has 1 rings (SSSR count). The van der Waals surface area contributed by atoms with Gasteiger partial charge in [0.15, 0.2) is 0 Å². The highest BCUT2D eigenvalue weighted by Crippen LogP contribution is 2.16. The lowest BCUT2D eigenvalue weighted by molar-refractivity contribution is 0.0691. The minimum absolute atomic E-state index is 0.00738. The summed E-state index contributed by atoms with van der Waals surface area (Å²) in [5.41, 5.74) is 6.84. The Balaban J connectivity index is 3.32. The fourth-order valence-electron chi connectivity index (χ4n) is 1.40. The van der Waals surface area contributed by atoms with Crippen molar-refractivity contribution in [3.63, 3.8) is 0 Å². The van der Waals surface area contributed by atoms with Crippen LogP contribution in [0, 0.1) is 0 Å². The quantitative estimate of drug-likeness (QED) is 0.840. The van der Waals surface area contributed by atoms with Gasteiger partial charge >= 0.3 is 5.97 Å². The van der Waals surface area contributed by atoms with E-state index in [2.05, 4.69) is 0 Å². The summed E-state index contributed by atoms with van der Waals surface area (Å²) in [6, 6.07) is 4.59. The first-order chi connectivity index (χ1) is 7.57. The predicted molar refractivity (Wildman–Crippen MR) is 60.6 cm³/mol. The molecule has 0 spiro atoms. The second-order valence-electron chi connectivity index (χ2n) is 3.07. The van der Waals surface area contributed by atoms with Gasteiger partial charge in [-0.05, 0) is 18.1 Å². The lowest BCUT2D eigenvalue weighted by Crippen LogP contribution is -2.17. The minimum atomic E-state index is -1.17. The van der Waals surface area contributed by atoms with Gasteiger partial charge in [0.05, 0.1) is 11.1 Å². The summed E-state index contributed by atoms with van der Waals surface area (Å²) in [4.78, 5) is 22.1. The number of benzene rings is 1. The summed E-state index contributed by atoms with van der Waals surface area (Å²) in [7, 11) is 0. The van der Waals surface area contributed by atoms with E-state index in [0.717, 1.165) is 0 Å². The number of primary amides is 1. The van der Waals surface area contributed by atoms with E-state index in [9.17, 15) is 9.59 Å². The third kappa shape index (κ3) is 2.61. The number of allylic oxidation sites excluding steroid dienone is 1. The molecule has 84 valence electrons. The van der Waals surface area contributed by atoms with Crippen molar-refractivity contribution in [1.82, 2.24) is 0 Å². The number of amides is 1. The first-order valence-corrected chi connectivity index (χ1v) is 4.91. The van der Waals surface area contributed by atoms with Crippen molar-refractivity contribution < 1.29 is 14.7 Å². The molecule has 1 amide bonds. The number of rotatable bonds is 4. The second-order valence-corrected chi connectivity index (χ2v) is 3.33. The highest BCUT2D eigenvalue weighted by Gasteiger charge is 2.17. The number of carbonyl (C=O) groups is 2. The Bertz CT molecular complexity index is 455. The molecule has 0 fully saturated rings. The molecule has 0 radical (unpaired) electrons. The highest BCUT2D eigenvalue weighted by molar-refractivity contribution is 6.25. The zero-order chi connectivity index (χ0) is 12.1. The molecule has 1 aromatic rings. The predicted octanol–water partition coefficient (Wildman–Crippen LogP) is 1.78. The molecule has 16 heavy (non-hydrogen) atoms. The molecule has 0 unspecified atom stereocenters. The van der Waals surface area contributed by atoms with Crippen molar-refractivity contribution in [2.45, 2.75) is 6.42 Å². The van der Waals surface area contributed by atoms with E-state index in [1.807, 2.05) is 0 Å². The van der Waals surface area contributed by atoms with Crippen LogP contribution in [0.2, 0.25) is 0 Å². The van der Waals surface area contributed by atoms with Gasteiger partial charge in [0.2, 0.25) is 5.91 Å². The zero-order valence-electron chi connectivity index (χ0n) is 8.31. The normalized spacial score (nSPS) is 10.6. The summed E-state index contributed by atoms with van der Waals surface area (Å²) in [6.07, 6.45) is 1.93. The highest BCUT2D eigenvalue weighted by atomic mass is 35.5. The van der Waals surface area contributed by atoms with Crippen molar-refractivity contribution in [2.24, 2.45) is 5.73 Å². The van der Waals surface area contributed by atoms with Crippen LogP contribution < -0.4 is 5.73 Å². The first kappa shape index (κ1) is 12.3. The molecule has 1 aromatic carbocycles.